The van der Waals surface area contributed by atoms with Gasteiger partial charge in [-0.25, -0.2) is 0 Å². The Kier molecular flexibility index (Phi) is 5.64. The Hall–Kier alpha value is -2.22. The van der Waals surface area contributed by atoms with Crippen molar-refractivity contribution >= 4 is 29.2 Å². The third kappa shape index (κ3) is 4.37. The highest BCUT2D eigenvalue weighted by Crippen LogP contribution is 2.60. The number of furan rings is 1. The van der Waals surface area contributed by atoms with Crippen molar-refractivity contribution in [3.63, 3.8) is 0 Å². The molecule has 0 radical (unpaired) electrons. The lowest BCUT2D eigenvalue weighted by Crippen LogP contribution is -2.14. The fourth-order valence-electron chi connectivity index (χ4n) is 3.36. The monoisotopic (exact) mass is 403 g/mol. The van der Waals surface area contributed by atoms with Crippen LogP contribution in [0.2, 0.25) is 0 Å². The molecule has 1 aromatic heterocycles. The molecule has 0 saturated heterocycles. The first-order valence-corrected chi connectivity index (χ1v) is 9.32. The quantitative estimate of drug-likeness (QED) is 0.591. The molecule has 3 rings (SSSR count). The highest BCUT2D eigenvalue weighted by Gasteiger charge is 2.62. The van der Waals surface area contributed by atoms with Crippen LogP contribution in [0.5, 0.6) is 0 Å². The highest BCUT2D eigenvalue weighted by molar-refractivity contribution is 6.55. The molecule has 1 aromatic carbocycles. The Bertz CT molecular complexity index is 892. The van der Waals surface area contributed by atoms with E-state index in [0.29, 0.717) is 17.7 Å². The van der Waals surface area contributed by atoms with Gasteiger partial charge in [-0.15, -0.1) is 0 Å². The van der Waals surface area contributed by atoms with E-state index in [9.17, 15) is 10.1 Å². The van der Waals surface area contributed by atoms with Gasteiger partial charge in [0, 0.05) is 12.0 Å². The van der Waals surface area contributed by atoms with E-state index < -0.39 is 12.1 Å². The number of nitrogens with zero attached hydrogens (tertiary/aromatic N) is 1. The third-order valence-electron chi connectivity index (χ3n) is 5.02. The van der Waals surface area contributed by atoms with Crippen LogP contribution < -0.4 is 0 Å². The van der Waals surface area contributed by atoms with Crippen LogP contribution in [-0.4, -0.2) is 5.97 Å². The van der Waals surface area contributed by atoms with E-state index in [-0.39, 0.29) is 21.7 Å². The largest absolute Gasteiger partial charge is 0.469 e. The lowest BCUT2D eigenvalue weighted by Gasteiger charge is -2.09. The first kappa shape index (κ1) is 19.5. The zero-order chi connectivity index (χ0) is 19.6. The van der Waals surface area contributed by atoms with Gasteiger partial charge in [-0.3, -0.25) is 4.79 Å². The van der Waals surface area contributed by atoms with Crippen molar-refractivity contribution in [1.29, 1.82) is 5.26 Å². The molecule has 0 aliphatic heterocycles. The topological polar surface area (TPSA) is 63.2 Å². The molecule has 0 spiro atoms. The van der Waals surface area contributed by atoms with Gasteiger partial charge in [-0.2, -0.15) is 5.26 Å². The molecule has 2 aromatic rings. The van der Waals surface area contributed by atoms with Gasteiger partial charge in [0.25, 0.3) is 0 Å². The normalized spacial score (nSPS) is 21.0. The van der Waals surface area contributed by atoms with E-state index in [4.69, 9.17) is 32.4 Å². The molecule has 1 aliphatic carbocycles. The van der Waals surface area contributed by atoms with Crippen LogP contribution in [0, 0.1) is 28.6 Å². The first-order chi connectivity index (χ1) is 12.8. The summed E-state index contributed by atoms with van der Waals surface area (Å²) in [6.45, 7) is 3.88. The van der Waals surface area contributed by atoms with E-state index in [1.807, 2.05) is 50.2 Å². The Morgan fingerprint density at radius 2 is 2.07 bits per heavy atom. The molecule has 27 heavy (non-hydrogen) atoms. The van der Waals surface area contributed by atoms with Crippen LogP contribution in [0.1, 0.15) is 36.8 Å². The van der Waals surface area contributed by atoms with Crippen molar-refractivity contribution in [2.24, 2.45) is 17.3 Å². The summed E-state index contributed by atoms with van der Waals surface area (Å²) in [5.74, 6) is -0.217. The summed E-state index contributed by atoms with van der Waals surface area (Å²) in [6, 6.07) is 13.6. The van der Waals surface area contributed by atoms with E-state index >= 15 is 0 Å². The number of hydrogen-bond acceptors (Lipinski definition) is 4. The van der Waals surface area contributed by atoms with Crippen LogP contribution in [0.4, 0.5) is 0 Å². The van der Waals surface area contributed by atoms with Gasteiger partial charge in [-0.1, -0.05) is 67.4 Å². The average Bonchev–Trinajstić information content (AvgIpc) is 2.95. The standard InChI is InChI=1S/C21H19Cl2NO3/c1-21(2)16(10-18(22)23)19(21)20(25)27-17(11-24)14-9-15(26-12-14)8-13-6-4-3-5-7-13/h3-7,9-10,12,16-17,19H,8H2,1-2H3/t16-,17?,19-/m0/s1. The van der Waals surface area contributed by atoms with Crippen LogP contribution in [0.25, 0.3) is 0 Å². The number of rotatable bonds is 6. The summed E-state index contributed by atoms with van der Waals surface area (Å²) in [5.41, 5.74) is 1.31. The van der Waals surface area contributed by atoms with Gasteiger partial charge in [0.1, 0.15) is 16.3 Å². The highest BCUT2D eigenvalue weighted by atomic mass is 35.5. The number of esters is 1. The number of allylic oxidation sites excluding steroid dienone is 1. The van der Waals surface area contributed by atoms with Crippen LogP contribution >= 0.6 is 23.2 Å². The van der Waals surface area contributed by atoms with Gasteiger partial charge in [0.15, 0.2) is 0 Å². The summed E-state index contributed by atoms with van der Waals surface area (Å²) in [5, 5.41) is 9.45. The minimum absolute atomic E-state index is 0.104. The molecule has 6 heteroatoms. The Morgan fingerprint density at radius 3 is 2.70 bits per heavy atom. The lowest BCUT2D eigenvalue weighted by atomic mass is 10.1. The maximum Gasteiger partial charge on any atom is 0.311 e. The van der Waals surface area contributed by atoms with Crippen molar-refractivity contribution in [3.8, 4) is 6.07 Å². The van der Waals surface area contributed by atoms with E-state index in [0.717, 1.165) is 5.56 Å². The minimum atomic E-state index is -1.02. The average molecular weight is 404 g/mol. The fraction of sp³-hybridized carbons (Fsp3) is 0.333. The number of carbonyl (C=O) groups excluding carboxylic acids is 1. The Morgan fingerprint density at radius 1 is 1.37 bits per heavy atom. The van der Waals surface area contributed by atoms with Crippen molar-refractivity contribution in [2.75, 3.05) is 0 Å². The van der Waals surface area contributed by atoms with E-state index in [1.54, 1.807) is 12.1 Å². The molecule has 0 amide bonds. The fourth-order valence-corrected chi connectivity index (χ4v) is 3.63. The molecule has 1 heterocycles. The molecule has 0 bridgehead atoms. The summed E-state index contributed by atoms with van der Waals surface area (Å²) < 4.78 is 11.1. The molecule has 140 valence electrons. The molecule has 1 saturated carbocycles. The predicted molar refractivity (Wildman–Crippen MR) is 103 cm³/mol. The maximum absolute atomic E-state index is 12.5. The van der Waals surface area contributed by atoms with Crippen molar-refractivity contribution < 1.29 is 13.9 Å². The predicted octanol–water partition coefficient (Wildman–Crippen LogP) is 5.57. The number of carbonyl (C=O) groups is 1. The van der Waals surface area contributed by atoms with Crippen LogP contribution in [0.3, 0.4) is 0 Å². The smallest absolute Gasteiger partial charge is 0.311 e. The lowest BCUT2D eigenvalue weighted by molar-refractivity contribution is -0.149. The summed E-state index contributed by atoms with van der Waals surface area (Å²) in [7, 11) is 0. The van der Waals surface area contributed by atoms with Crippen molar-refractivity contribution in [3.05, 3.63) is 70.1 Å². The second kappa shape index (κ2) is 7.80. The molecular weight excluding hydrogens is 385 g/mol. The van der Waals surface area contributed by atoms with Gasteiger partial charge < -0.3 is 9.15 Å². The minimum Gasteiger partial charge on any atom is -0.469 e. The second-order valence-corrected chi connectivity index (χ2v) is 8.24. The number of nitriles is 1. The second-order valence-electron chi connectivity index (χ2n) is 7.24. The Labute approximate surface area is 168 Å². The summed E-state index contributed by atoms with van der Waals surface area (Å²) in [6.07, 6.45) is 2.69. The van der Waals surface area contributed by atoms with Crippen LogP contribution in [-0.2, 0) is 16.0 Å². The Balaban J connectivity index is 1.67. The molecule has 3 atom stereocenters. The van der Waals surface area contributed by atoms with Crippen molar-refractivity contribution in [1.82, 2.24) is 0 Å². The molecule has 0 N–H and O–H groups in total. The van der Waals surface area contributed by atoms with Gasteiger partial charge in [0.2, 0.25) is 6.10 Å². The molecule has 4 nitrogen and oxygen atoms in total. The van der Waals surface area contributed by atoms with Gasteiger partial charge in [0.05, 0.1) is 12.2 Å². The number of benzene rings is 1. The maximum atomic E-state index is 12.5. The van der Waals surface area contributed by atoms with Crippen molar-refractivity contribution in [2.45, 2.75) is 26.4 Å². The molecule has 1 fully saturated rings. The third-order valence-corrected chi connectivity index (χ3v) is 5.27. The molecule has 1 aliphatic rings. The zero-order valence-electron chi connectivity index (χ0n) is 15.0. The summed E-state index contributed by atoms with van der Waals surface area (Å²) in [4.78, 5) is 12.5. The van der Waals surface area contributed by atoms with Gasteiger partial charge in [-0.05, 0) is 29.0 Å². The number of ether oxygens (including phenoxy) is 1. The molecule has 1 unspecified atom stereocenters. The van der Waals surface area contributed by atoms with E-state index in [1.165, 1.54) is 6.26 Å². The van der Waals surface area contributed by atoms with Crippen LogP contribution in [0.15, 0.2) is 57.6 Å². The summed E-state index contributed by atoms with van der Waals surface area (Å²) >= 11 is 11.4. The molecular formula is C21H19Cl2NO3. The number of halogens is 2. The zero-order valence-corrected chi connectivity index (χ0v) is 16.5. The first-order valence-electron chi connectivity index (χ1n) is 8.57. The van der Waals surface area contributed by atoms with Gasteiger partial charge >= 0.3 is 5.97 Å². The SMILES string of the molecule is CC1(C)[C@H](C(=O)OC(C#N)c2coc(Cc3ccccc3)c2)[C@@H]1C=C(Cl)Cl. The number of hydrogen-bond donors (Lipinski definition) is 0. The van der Waals surface area contributed by atoms with E-state index in [2.05, 4.69) is 0 Å².